The molecule has 0 aliphatic heterocycles. The van der Waals surface area contributed by atoms with Crippen molar-refractivity contribution >= 4 is 11.3 Å². The molecule has 80 valence electrons. The lowest BCUT2D eigenvalue weighted by Gasteiger charge is -2.23. The number of rotatable bonds is 5. The predicted molar refractivity (Wildman–Crippen MR) is 63.5 cm³/mol. The molecule has 2 nitrogen and oxygen atoms in total. The second kappa shape index (κ2) is 5.49. The predicted octanol–water partition coefficient (Wildman–Crippen LogP) is 2.16. The van der Waals surface area contributed by atoms with E-state index >= 15 is 0 Å². The van der Waals surface area contributed by atoms with Crippen molar-refractivity contribution in [3.63, 3.8) is 0 Å². The van der Waals surface area contributed by atoms with Crippen LogP contribution in [0.25, 0.3) is 0 Å². The lowest BCUT2D eigenvalue weighted by Crippen LogP contribution is -2.38. The Hall–Kier alpha value is -0.380. The second-order valence-corrected chi connectivity index (χ2v) is 5.02. The number of hydrogen-bond acceptors (Lipinski definition) is 3. The Kier molecular flexibility index (Phi) is 4.58. The highest BCUT2D eigenvalue weighted by Crippen LogP contribution is 2.09. The van der Waals surface area contributed by atoms with E-state index in [9.17, 15) is 0 Å². The van der Waals surface area contributed by atoms with Gasteiger partial charge in [-0.25, -0.2) is 0 Å². The molecule has 14 heavy (non-hydrogen) atoms. The highest BCUT2D eigenvalue weighted by molar-refractivity contribution is 7.07. The Labute approximate surface area is 90.7 Å². The average Bonchev–Trinajstić information content (AvgIpc) is 2.56. The molecule has 0 amide bonds. The van der Waals surface area contributed by atoms with Gasteiger partial charge in [-0.05, 0) is 35.4 Å². The van der Waals surface area contributed by atoms with E-state index in [0.717, 1.165) is 13.1 Å². The lowest BCUT2D eigenvalue weighted by molar-refractivity contribution is 0.277. The summed E-state index contributed by atoms with van der Waals surface area (Å²) >= 11 is 1.75. The quantitative estimate of drug-likeness (QED) is 0.810. The van der Waals surface area contributed by atoms with Gasteiger partial charge in [-0.3, -0.25) is 0 Å². The third kappa shape index (κ3) is 3.78. The van der Waals surface area contributed by atoms with E-state index in [0.29, 0.717) is 5.92 Å². The summed E-state index contributed by atoms with van der Waals surface area (Å²) in [5.41, 5.74) is 7.39. The van der Waals surface area contributed by atoms with Crippen LogP contribution < -0.4 is 5.73 Å². The van der Waals surface area contributed by atoms with Crippen molar-refractivity contribution < 1.29 is 0 Å². The van der Waals surface area contributed by atoms with Gasteiger partial charge in [0.25, 0.3) is 0 Å². The molecule has 0 aromatic carbocycles. The van der Waals surface area contributed by atoms with E-state index in [1.165, 1.54) is 5.56 Å². The zero-order valence-electron chi connectivity index (χ0n) is 9.23. The summed E-state index contributed by atoms with van der Waals surface area (Å²) in [4.78, 5) is 2.28. The van der Waals surface area contributed by atoms with Gasteiger partial charge in [-0.2, -0.15) is 11.3 Å². The Bertz CT molecular complexity index is 244. The SMILES string of the molecule is CC(C)C(N)CN(C)Cc1ccsc1. The number of hydrogen-bond donors (Lipinski definition) is 1. The van der Waals surface area contributed by atoms with Gasteiger partial charge in [0.1, 0.15) is 0 Å². The molecule has 0 saturated carbocycles. The van der Waals surface area contributed by atoms with E-state index in [-0.39, 0.29) is 6.04 Å². The van der Waals surface area contributed by atoms with Crippen LogP contribution >= 0.6 is 11.3 Å². The minimum atomic E-state index is 0.277. The van der Waals surface area contributed by atoms with Crippen LogP contribution in [0.3, 0.4) is 0 Å². The van der Waals surface area contributed by atoms with Crippen LogP contribution in [-0.2, 0) is 6.54 Å². The molecule has 1 rings (SSSR count). The van der Waals surface area contributed by atoms with E-state index in [4.69, 9.17) is 5.73 Å². The zero-order chi connectivity index (χ0) is 10.6. The molecular weight excluding hydrogens is 192 g/mol. The van der Waals surface area contributed by atoms with Crippen LogP contribution in [0.15, 0.2) is 16.8 Å². The minimum absolute atomic E-state index is 0.277. The zero-order valence-corrected chi connectivity index (χ0v) is 10.1. The van der Waals surface area contributed by atoms with E-state index < -0.39 is 0 Å². The van der Waals surface area contributed by atoms with Crippen LogP contribution in [0, 0.1) is 5.92 Å². The Balaban J connectivity index is 2.32. The first-order chi connectivity index (χ1) is 6.59. The fourth-order valence-corrected chi connectivity index (χ4v) is 1.99. The van der Waals surface area contributed by atoms with Crippen molar-refractivity contribution in [1.82, 2.24) is 4.90 Å². The molecule has 0 spiro atoms. The molecule has 3 heteroatoms. The van der Waals surface area contributed by atoms with Crippen molar-refractivity contribution in [3.8, 4) is 0 Å². The maximum Gasteiger partial charge on any atom is 0.0239 e. The highest BCUT2D eigenvalue weighted by Gasteiger charge is 2.10. The van der Waals surface area contributed by atoms with Crippen LogP contribution in [0.5, 0.6) is 0 Å². The summed E-state index contributed by atoms with van der Waals surface area (Å²) in [7, 11) is 2.12. The molecule has 0 aliphatic carbocycles. The monoisotopic (exact) mass is 212 g/mol. The number of nitrogens with two attached hydrogens (primary N) is 1. The maximum atomic E-state index is 6.01. The van der Waals surface area contributed by atoms with E-state index in [1.54, 1.807) is 11.3 Å². The molecule has 1 atom stereocenters. The summed E-state index contributed by atoms with van der Waals surface area (Å²) in [6.07, 6.45) is 0. The first kappa shape index (κ1) is 11.7. The standard InChI is InChI=1S/C11H20N2S/c1-9(2)11(12)7-13(3)6-10-4-5-14-8-10/h4-5,8-9,11H,6-7,12H2,1-3H3. The number of likely N-dealkylation sites (N-methyl/N-ethyl adjacent to an activating group) is 1. The Morgan fingerprint density at radius 2 is 2.21 bits per heavy atom. The van der Waals surface area contributed by atoms with Crippen molar-refractivity contribution in [2.45, 2.75) is 26.4 Å². The molecule has 2 N–H and O–H groups in total. The lowest BCUT2D eigenvalue weighted by atomic mass is 10.1. The average molecular weight is 212 g/mol. The summed E-state index contributed by atoms with van der Waals surface area (Å²) in [6, 6.07) is 2.45. The Morgan fingerprint density at radius 1 is 1.50 bits per heavy atom. The third-order valence-corrected chi connectivity index (χ3v) is 3.14. The van der Waals surface area contributed by atoms with Crippen LogP contribution in [0.1, 0.15) is 19.4 Å². The van der Waals surface area contributed by atoms with Crippen molar-refractivity contribution in [3.05, 3.63) is 22.4 Å². The highest BCUT2D eigenvalue weighted by atomic mass is 32.1. The summed E-state index contributed by atoms with van der Waals surface area (Å²) in [5, 5.41) is 4.31. The summed E-state index contributed by atoms with van der Waals surface area (Å²) < 4.78 is 0. The van der Waals surface area contributed by atoms with Crippen molar-refractivity contribution in [1.29, 1.82) is 0 Å². The van der Waals surface area contributed by atoms with Crippen molar-refractivity contribution in [2.75, 3.05) is 13.6 Å². The minimum Gasteiger partial charge on any atom is -0.326 e. The van der Waals surface area contributed by atoms with Gasteiger partial charge in [0.05, 0.1) is 0 Å². The van der Waals surface area contributed by atoms with Gasteiger partial charge in [0.15, 0.2) is 0 Å². The fourth-order valence-electron chi connectivity index (χ4n) is 1.33. The summed E-state index contributed by atoms with van der Waals surface area (Å²) in [6.45, 7) is 6.31. The Morgan fingerprint density at radius 3 is 2.71 bits per heavy atom. The molecule has 0 fully saturated rings. The number of thiophene rings is 1. The van der Waals surface area contributed by atoms with Gasteiger partial charge >= 0.3 is 0 Å². The normalized spacial score (nSPS) is 13.9. The van der Waals surface area contributed by atoms with E-state index in [1.807, 2.05) is 0 Å². The van der Waals surface area contributed by atoms with Gasteiger partial charge in [-0.1, -0.05) is 13.8 Å². The van der Waals surface area contributed by atoms with Gasteiger partial charge < -0.3 is 10.6 Å². The molecule has 0 radical (unpaired) electrons. The molecular formula is C11H20N2S. The molecule has 1 heterocycles. The first-order valence-electron chi connectivity index (χ1n) is 5.04. The van der Waals surface area contributed by atoms with Crippen LogP contribution in [0.4, 0.5) is 0 Å². The van der Waals surface area contributed by atoms with Crippen LogP contribution in [-0.4, -0.2) is 24.5 Å². The van der Waals surface area contributed by atoms with Gasteiger partial charge in [0, 0.05) is 19.1 Å². The molecule has 0 aliphatic rings. The first-order valence-corrected chi connectivity index (χ1v) is 5.99. The third-order valence-electron chi connectivity index (χ3n) is 2.41. The smallest absolute Gasteiger partial charge is 0.0239 e. The molecule has 0 saturated heterocycles. The molecule has 0 bridgehead atoms. The fraction of sp³-hybridized carbons (Fsp3) is 0.636. The largest absolute Gasteiger partial charge is 0.326 e. The molecule has 1 unspecified atom stereocenters. The maximum absolute atomic E-state index is 6.01. The van der Waals surface area contributed by atoms with Gasteiger partial charge in [0.2, 0.25) is 0 Å². The van der Waals surface area contributed by atoms with E-state index in [2.05, 4.69) is 42.6 Å². The van der Waals surface area contributed by atoms with Crippen molar-refractivity contribution in [2.24, 2.45) is 11.7 Å². The number of nitrogens with zero attached hydrogens (tertiary/aromatic N) is 1. The van der Waals surface area contributed by atoms with Crippen LogP contribution in [0.2, 0.25) is 0 Å². The topological polar surface area (TPSA) is 29.3 Å². The second-order valence-electron chi connectivity index (χ2n) is 4.24. The molecule has 1 aromatic heterocycles. The molecule has 1 aromatic rings. The summed E-state index contributed by atoms with van der Waals surface area (Å²) in [5.74, 6) is 0.555. The van der Waals surface area contributed by atoms with Gasteiger partial charge in [-0.15, -0.1) is 0 Å².